The zero-order chi connectivity index (χ0) is 15.4. The molecule has 1 aromatic carbocycles. The van der Waals surface area contributed by atoms with Crippen LogP contribution in [0.1, 0.15) is 30.4 Å². The van der Waals surface area contributed by atoms with Gasteiger partial charge in [-0.1, -0.05) is 0 Å². The Morgan fingerprint density at radius 1 is 1.36 bits per heavy atom. The number of aryl methyl sites for hydroxylation is 2. The number of halogens is 1. The van der Waals surface area contributed by atoms with Crippen molar-refractivity contribution in [2.75, 3.05) is 25.5 Å². The molecule has 1 heterocycles. The predicted molar refractivity (Wildman–Crippen MR) is 92.1 cm³/mol. The van der Waals surface area contributed by atoms with Crippen molar-refractivity contribution in [1.29, 1.82) is 0 Å². The molecule has 2 amide bonds. The smallest absolute Gasteiger partial charge is 0.322 e. The second-order valence-electron chi connectivity index (χ2n) is 5.65. The van der Waals surface area contributed by atoms with Crippen molar-refractivity contribution < 1.29 is 9.53 Å². The topological polar surface area (TPSA) is 67.6 Å². The summed E-state index contributed by atoms with van der Waals surface area (Å²) in [5, 5.41) is 2.98. The van der Waals surface area contributed by atoms with E-state index in [4.69, 9.17) is 10.5 Å². The van der Waals surface area contributed by atoms with Gasteiger partial charge in [-0.2, -0.15) is 0 Å². The molecule has 1 saturated heterocycles. The molecule has 2 rings (SSSR count). The summed E-state index contributed by atoms with van der Waals surface area (Å²) >= 11 is 0. The number of ether oxygens (including phenoxy) is 1. The molecular formula is C16H26ClN3O2. The highest BCUT2D eigenvalue weighted by Gasteiger charge is 2.25. The van der Waals surface area contributed by atoms with Gasteiger partial charge in [0.25, 0.3) is 0 Å². The van der Waals surface area contributed by atoms with Crippen LogP contribution >= 0.6 is 12.4 Å². The van der Waals surface area contributed by atoms with Crippen LogP contribution in [0.4, 0.5) is 10.5 Å². The fourth-order valence-corrected chi connectivity index (χ4v) is 3.05. The largest absolute Gasteiger partial charge is 0.496 e. The predicted octanol–water partition coefficient (Wildman–Crippen LogP) is 3.08. The number of benzene rings is 1. The SMILES string of the molecule is COc1c(C)cc(NC(=O)N2CCCCC2CN)cc1C.Cl. The van der Waals surface area contributed by atoms with Crippen molar-refractivity contribution in [3.8, 4) is 5.75 Å². The van der Waals surface area contributed by atoms with Gasteiger partial charge in [0.15, 0.2) is 0 Å². The Kier molecular flexibility index (Phi) is 6.97. The Labute approximate surface area is 138 Å². The zero-order valence-electron chi connectivity index (χ0n) is 13.5. The Hall–Kier alpha value is -1.46. The van der Waals surface area contributed by atoms with E-state index < -0.39 is 0 Å². The van der Waals surface area contributed by atoms with Crippen LogP contribution in [0.5, 0.6) is 5.75 Å². The van der Waals surface area contributed by atoms with Crippen molar-refractivity contribution in [3.63, 3.8) is 0 Å². The lowest BCUT2D eigenvalue weighted by Gasteiger charge is -2.35. The van der Waals surface area contributed by atoms with Gasteiger partial charge in [-0.15, -0.1) is 12.4 Å². The summed E-state index contributed by atoms with van der Waals surface area (Å²) in [4.78, 5) is 14.3. The van der Waals surface area contributed by atoms with E-state index in [-0.39, 0.29) is 24.5 Å². The number of likely N-dealkylation sites (tertiary alicyclic amines) is 1. The minimum Gasteiger partial charge on any atom is -0.496 e. The number of hydrogen-bond donors (Lipinski definition) is 2. The molecule has 0 aliphatic carbocycles. The van der Waals surface area contributed by atoms with Crippen LogP contribution in [0.2, 0.25) is 0 Å². The van der Waals surface area contributed by atoms with Gasteiger partial charge in [-0.25, -0.2) is 4.79 Å². The third-order valence-corrected chi connectivity index (χ3v) is 4.08. The number of nitrogens with zero attached hydrogens (tertiary/aromatic N) is 1. The Balaban J connectivity index is 0.00000242. The molecule has 6 heteroatoms. The van der Waals surface area contributed by atoms with Crippen molar-refractivity contribution in [2.45, 2.75) is 39.2 Å². The van der Waals surface area contributed by atoms with Gasteiger partial charge < -0.3 is 20.7 Å². The number of urea groups is 1. The molecule has 1 aromatic rings. The van der Waals surface area contributed by atoms with E-state index in [0.29, 0.717) is 6.54 Å². The number of amides is 2. The molecule has 1 aliphatic heterocycles. The summed E-state index contributed by atoms with van der Waals surface area (Å²) in [6.07, 6.45) is 3.18. The summed E-state index contributed by atoms with van der Waals surface area (Å²) in [6.45, 7) is 5.26. The van der Waals surface area contributed by atoms with E-state index in [1.54, 1.807) is 7.11 Å². The van der Waals surface area contributed by atoms with Gasteiger partial charge in [0.05, 0.1) is 7.11 Å². The molecule has 3 N–H and O–H groups in total. The number of nitrogens with two attached hydrogens (primary N) is 1. The zero-order valence-corrected chi connectivity index (χ0v) is 14.3. The molecule has 1 unspecified atom stereocenters. The van der Waals surface area contributed by atoms with E-state index in [0.717, 1.165) is 48.4 Å². The maximum absolute atomic E-state index is 12.4. The Bertz CT molecular complexity index is 499. The normalized spacial score (nSPS) is 17.6. The standard InChI is InChI=1S/C16H25N3O2.ClH/c1-11-8-13(9-12(2)15(11)21-3)18-16(20)19-7-5-4-6-14(19)10-17;/h8-9,14H,4-7,10,17H2,1-3H3,(H,18,20);1H. The average Bonchev–Trinajstić information content (AvgIpc) is 2.46. The van der Waals surface area contributed by atoms with Gasteiger partial charge in [0, 0.05) is 24.8 Å². The van der Waals surface area contributed by atoms with E-state index in [2.05, 4.69) is 5.32 Å². The third-order valence-electron chi connectivity index (χ3n) is 4.08. The lowest BCUT2D eigenvalue weighted by Crippen LogP contribution is -2.49. The fourth-order valence-electron chi connectivity index (χ4n) is 3.05. The molecule has 1 aliphatic rings. The fraction of sp³-hybridized carbons (Fsp3) is 0.562. The summed E-state index contributed by atoms with van der Waals surface area (Å²) in [5.41, 5.74) is 8.61. The molecule has 5 nitrogen and oxygen atoms in total. The second-order valence-corrected chi connectivity index (χ2v) is 5.65. The summed E-state index contributed by atoms with van der Waals surface area (Å²) < 4.78 is 5.35. The number of methoxy groups -OCH3 is 1. The van der Waals surface area contributed by atoms with Gasteiger partial charge >= 0.3 is 6.03 Å². The minimum absolute atomic E-state index is 0. The summed E-state index contributed by atoms with van der Waals surface area (Å²) in [5.74, 6) is 0.866. The van der Waals surface area contributed by atoms with E-state index in [1.807, 2.05) is 30.9 Å². The van der Waals surface area contributed by atoms with Gasteiger partial charge in [-0.3, -0.25) is 0 Å². The van der Waals surface area contributed by atoms with Crippen LogP contribution in [0.25, 0.3) is 0 Å². The molecule has 0 saturated carbocycles. The monoisotopic (exact) mass is 327 g/mol. The quantitative estimate of drug-likeness (QED) is 0.896. The lowest BCUT2D eigenvalue weighted by molar-refractivity contribution is 0.166. The maximum Gasteiger partial charge on any atom is 0.322 e. The highest BCUT2D eigenvalue weighted by molar-refractivity contribution is 5.90. The van der Waals surface area contributed by atoms with Crippen LogP contribution < -0.4 is 15.8 Å². The van der Waals surface area contributed by atoms with E-state index in [9.17, 15) is 4.79 Å². The van der Waals surface area contributed by atoms with E-state index in [1.165, 1.54) is 0 Å². The van der Waals surface area contributed by atoms with Gasteiger partial charge in [0.2, 0.25) is 0 Å². The number of nitrogens with one attached hydrogen (secondary N) is 1. The highest BCUT2D eigenvalue weighted by Crippen LogP contribution is 2.27. The van der Waals surface area contributed by atoms with Crippen LogP contribution in [-0.2, 0) is 0 Å². The molecule has 0 bridgehead atoms. The number of hydrogen-bond acceptors (Lipinski definition) is 3. The maximum atomic E-state index is 12.4. The average molecular weight is 328 g/mol. The first kappa shape index (κ1) is 18.6. The first-order valence-corrected chi connectivity index (χ1v) is 7.49. The third kappa shape index (κ3) is 4.05. The van der Waals surface area contributed by atoms with Gasteiger partial charge in [0.1, 0.15) is 5.75 Å². The van der Waals surface area contributed by atoms with Crippen molar-refractivity contribution >= 4 is 24.1 Å². The van der Waals surface area contributed by atoms with Crippen LogP contribution in [0.3, 0.4) is 0 Å². The summed E-state index contributed by atoms with van der Waals surface area (Å²) in [7, 11) is 1.66. The molecule has 0 spiro atoms. The van der Waals surface area contributed by atoms with Crippen LogP contribution in [0.15, 0.2) is 12.1 Å². The second kappa shape index (κ2) is 8.25. The molecule has 1 fully saturated rings. The summed E-state index contributed by atoms with van der Waals surface area (Å²) in [6, 6.07) is 3.96. The molecule has 0 radical (unpaired) electrons. The van der Waals surface area contributed by atoms with Crippen LogP contribution in [-0.4, -0.2) is 37.2 Å². The number of carbonyl (C=O) groups is 1. The Morgan fingerprint density at radius 2 is 2.00 bits per heavy atom. The highest BCUT2D eigenvalue weighted by atomic mass is 35.5. The van der Waals surface area contributed by atoms with Crippen molar-refractivity contribution in [3.05, 3.63) is 23.3 Å². The molecule has 22 heavy (non-hydrogen) atoms. The number of piperidine rings is 1. The first-order chi connectivity index (χ1) is 10.1. The number of anilines is 1. The van der Waals surface area contributed by atoms with E-state index >= 15 is 0 Å². The number of carbonyl (C=O) groups excluding carboxylic acids is 1. The van der Waals surface area contributed by atoms with Crippen molar-refractivity contribution in [1.82, 2.24) is 4.90 Å². The molecule has 124 valence electrons. The number of rotatable bonds is 3. The molecular weight excluding hydrogens is 302 g/mol. The van der Waals surface area contributed by atoms with Crippen LogP contribution in [0, 0.1) is 13.8 Å². The van der Waals surface area contributed by atoms with Crippen molar-refractivity contribution in [2.24, 2.45) is 5.73 Å². The molecule has 0 aromatic heterocycles. The van der Waals surface area contributed by atoms with Gasteiger partial charge in [-0.05, 0) is 56.4 Å². The minimum atomic E-state index is -0.0610. The molecule has 1 atom stereocenters. The Morgan fingerprint density at radius 3 is 2.55 bits per heavy atom. The first-order valence-electron chi connectivity index (χ1n) is 7.49. The lowest BCUT2D eigenvalue weighted by atomic mass is 10.0.